The van der Waals surface area contributed by atoms with E-state index in [1.807, 2.05) is 12.4 Å². The van der Waals surface area contributed by atoms with Crippen LogP contribution in [0.4, 0.5) is 0 Å². The van der Waals surface area contributed by atoms with Crippen LogP contribution in [0.3, 0.4) is 0 Å². The van der Waals surface area contributed by atoms with Gasteiger partial charge in [-0.3, -0.25) is 0 Å². The van der Waals surface area contributed by atoms with Gasteiger partial charge in [-0.1, -0.05) is 6.92 Å². The van der Waals surface area contributed by atoms with Gasteiger partial charge >= 0.3 is 0 Å². The van der Waals surface area contributed by atoms with Crippen LogP contribution in [0.2, 0.25) is 0 Å². The molecule has 0 spiro atoms. The van der Waals surface area contributed by atoms with Crippen molar-refractivity contribution in [3.63, 3.8) is 0 Å². The van der Waals surface area contributed by atoms with Crippen molar-refractivity contribution < 1.29 is 0 Å². The summed E-state index contributed by atoms with van der Waals surface area (Å²) in [6.07, 6.45) is 2.52. The van der Waals surface area contributed by atoms with E-state index in [2.05, 4.69) is 21.8 Å². The largest absolute Gasteiger partial charge is 0.370 e. The Morgan fingerprint density at radius 1 is 1.71 bits per heavy atom. The Morgan fingerprint density at radius 3 is 3.18 bits per heavy atom. The number of rotatable bonds is 2. The average Bonchev–Trinajstić information content (AvgIpc) is 2.72. The number of nitrogens with two attached hydrogens (primary N) is 1. The molecule has 0 radical (unpaired) electrons. The normalized spacial score (nSPS) is 21.9. The summed E-state index contributed by atoms with van der Waals surface area (Å²) in [7, 11) is 0. The molecule has 5 heteroatoms. The second kappa shape index (κ2) is 5.49. The van der Waals surface area contributed by atoms with Gasteiger partial charge in [-0.05, 0) is 25.7 Å². The molecule has 0 amide bonds. The van der Waals surface area contributed by atoms with Crippen LogP contribution >= 0.6 is 11.3 Å². The molecule has 1 atom stereocenters. The summed E-state index contributed by atoms with van der Waals surface area (Å²) >= 11 is 1.65. The maximum absolute atomic E-state index is 6.04. The zero-order valence-electron chi connectivity index (χ0n) is 10.5. The number of thiazole rings is 1. The van der Waals surface area contributed by atoms with Gasteiger partial charge in [0.25, 0.3) is 0 Å². The lowest BCUT2D eigenvalue weighted by atomic mass is 10.0. The summed E-state index contributed by atoms with van der Waals surface area (Å²) in [6, 6.07) is 0. The van der Waals surface area contributed by atoms with Gasteiger partial charge in [0, 0.05) is 18.0 Å². The van der Waals surface area contributed by atoms with Gasteiger partial charge in [-0.2, -0.15) is 0 Å². The monoisotopic (exact) mass is 252 g/mol. The Hall–Kier alpha value is -1.10. The second-order valence-electron chi connectivity index (χ2n) is 4.73. The molecule has 17 heavy (non-hydrogen) atoms. The molecule has 0 saturated carbocycles. The van der Waals surface area contributed by atoms with Gasteiger partial charge in [-0.25, -0.2) is 9.98 Å². The Morgan fingerprint density at radius 2 is 2.53 bits per heavy atom. The Kier molecular flexibility index (Phi) is 3.99. The maximum atomic E-state index is 6.04. The van der Waals surface area contributed by atoms with E-state index in [-0.39, 0.29) is 0 Å². The number of hydrogen-bond donors (Lipinski definition) is 1. The molecule has 1 aliphatic heterocycles. The fraction of sp³-hybridized carbons (Fsp3) is 0.667. The number of nitrogens with zero attached hydrogens (tertiary/aromatic N) is 3. The molecule has 1 saturated heterocycles. The SMILES string of the molecule is Cc1ncsc1CN=C(N)N1CCCC(C)C1. The summed E-state index contributed by atoms with van der Waals surface area (Å²) in [5.41, 5.74) is 8.97. The molecule has 2 N–H and O–H groups in total. The van der Waals surface area contributed by atoms with E-state index in [0.717, 1.165) is 24.7 Å². The smallest absolute Gasteiger partial charge is 0.191 e. The van der Waals surface area contributed by atoms with Crippen LogP contribution in [0.1, 0.15) is 30.3 Å². The molecular formula is C12H20N4S. The molecule has 0 aliphatic carbocycles. The summed E-state index contributed by atoms with van der Waals surface area (Å²) in [4.78, 5) is 12.1. The fourth-order valence-corrected chi connectivity index (χ4v) is 2.83. The molecule has 0 bridgehead atoms. The fourth-order valence-electron chi connectivity index (χ4n) is 2.13. The van der Waals surface area contributed by atoms with Crippen molar-refractivity contribution >= 4 is 17.3 Å². The quantitative estimate of drug-likeness (QED) is 0.647. The minimum absolute atomic E-state index is 0.660. The van der Waals surface area contributed by atoms with Crippen molar-refractivity contribution in [1.82, 2.24) is 9.88 Å². The first-order valence-electron chi connectivity index (χ1n) is 6.10. The van der Waals surface area contributed by atoms with Crippen LogP contribution in [-0.4, -0.2) is 28.9 Å². The molecule has 1 aliphatic rings. The van der Waals surface area contributed by atoms with Crippen molar-refractivity contribution in [2.75, 3.05) is 13.1 Å². The third kappa shape index (κ3) is 3.19. The zero-order chi connectivity index (χ0) is 12.3. The van der Waals surface area contributed by atoms with Crippen LogP contribution in [0, 0.1) is 12.8 Å². The third-order valence-corrected chi connectivity index (χ3v) is 4.13. The lowest BCUT2D eigenvalue weighted by molar-refractivity contribution is 0.270. The number of aryl methyl sites for hydroxylation is 1. The van der Waals surface area contributed by atoms with E-state index in [9.17, 15) is 0 Å². The highest BCUT2D eigenvalue weighted by Crippen LogP contribution is 2.16. The minimum Gasteiger partial charge on any atom is -0.370 e. The number of aromatic nitrogens is 1. The third-order valence-electron chi connectivity index (χ3n) is 3.21. The molecule has 1 fully saturated rings. The van der Waals surface area contributed by atoms with Gasteiger partial charge in [0.05, 0.1) is 17.7 Å². The van der Waals surface area contributed by atoms with Crippen LogP contribution in [0.25, 0.3) is 0 Å². The Labute approximate surface area is 107 Å². The van der Waals surface area contributed by atoms with Gasteiger partial charge in [0.1, 0.15) is 0 Å². The molecule has 4 nitrogen and oxygen atoms in total. The van der Waals surface area contributed by atoms with Crippen LogP contribution in [0.5, 0.6) is 0 Å². The van der Waals surface area contributed by atoms with Crippen molar-refractivity contribution in [3.05, 3.63) is 16.1 Å². The zero-order valence-corrected chi connectivity index (χ0v) is 11.3. The first-order chi connectivity index (χ1) is 8.16. The highest BCUT2D eigenvalue weighted by Gasteiger charge is 2.17. The molecule has 1 aromatic heterocycles. The van der Waals surface area contributed by atoms with Crippen molar-refractivity contribution in [2.24, 2.45) is 16.6 Å². The standard InChI is InChI=1S/C12H20N4S/c1-9-4-3-5-16(7-9)12(13)14-6-11-10(2)15-8-17-11/h8-9H,3-7H2,1-2H3,(H2,13,14). The molecule has 2 heterocycles. The number of piperidine rings is 1. The van der Waals surface area contributed by atoms with Gasteiger partial charge < -0.3 is 10.6 Å². The van der Waals surface area contributed by atoms with Gasteiger partial charge in [-0.15, -0.1) is 11.3 Å². The van der Waals surface area contributed by atoms with Gasteiger partial charge in [0.2, 0.25) is 0 Å². The number of guanidine groups is 1. The van der Waals surface area contributed by atoms with Crippen molar-refractivity contribution in [1.29, 1.82) is 0 Å². The molecule has 2 rings (SSSR count). The van der Waals surface area contributed by atoms with E-state index in [4.69, 9.17) is 5.73 Å². The van der Waals surface area contributed by atoms with E-state index in [1.165, 1.54) is 17.7 Å². The number of aliphatic imine (C=N–C) groups is 1. The summed E-state index contributed by atoms with van der Waals surface area (Å²) in [6.45, 7) is 7.03. The second-order valence-corrected chi connectivity index (χ2v) is 5.67. The Balaban J connectivity index is 1.95. The molecule has 1 unspecified atom stereocenters. The van der Waals surface area contributed by atoms with Crippen LogP contribution < -0.4 is 5.73 Å². The van der Waals surface area contributed by atoms with Crippen molar-refractivity contribution in [2.45, 2.75) is 33.2 Å². The summed E-state index contributed by atoms with van der Waals surface area (Å²) in [5, 5.41) is 0. The van der Waals surface area contributed by atoms with E-state index in [1.54, 1.807) is 11.3 Å². The van der Waals surface area contributed by atoms with E-state index in [0.29, 0.717) is 12.5 Å². The molecule has 94 valence electrons. The van der Waals surface area contributed by atoms with Crippen molar-refractivity contribution in [3.8, 4) is 0 Å². The Bertz CT molecular complexity index is 399. The highest BCUT2D eigenvalue weighted by atomic mass is 32.1. The predicted octanol–water partition coefficient (Wildman–Crippen LogP) is 2.00. The number of likely N-dealkylation sites (tertiary alicyclic amines) is 1. The minimum atomic E-state index is 0.660. The summed E-state index contributed by atoms with van der Waals surface area (Å²) < 4.78 is 0. The van der Waals surface area contributed by atoms with Crippen LogP contribution in [0.15, 0.2) is 10.5 Å². The highest BCUT2D eigenvalue weighted by molar-refractivity contribution is 7.09. The lowest BCUT2D eigenvalue weighted by Gasteiger charge is -2.31. The molecule has 0 aromatic carbocycles. The lowest BCUT2D eigenvalue weighted by Crippen LogP contribution is -2.43. The van der Waals surface area contributed by atoms with E-state index >= 15 is 0 Å². The van der Waals surface area contributed by atoms with Gasteiger partial charge in [0.15, 0.2) is 5.96 Å². The molecule has 1 aromatic rings. The number of hydrogen-bond acceptors (Lipinski definition) is 3. The average molecular weight is 252 g/mol. The van der Waals surface area contributed by atoms with E-state index < -0.39 is 0 Å². The first kappa shape index (κ1) is 12.4. The molecular weight excluding hydrogens is 232 g/mol. The topological polar surface area (TPSA) is 54.5 Å². The first-order valence-corrected chi connectivity index (χ1v) is 6.98. The summed E-state index contributed by atoms with van der Waals surface area (Å²) in [5.74, 6) is 1.41. The predicted molar refractivity (Wildman–Crippen MR) is 72.1 cm³/mol. The maximum Gasteiger partial charge on any atom is 0.191 e. The van der Waals surface area contributed by atoms with Crippen LogP contribution in [-0.2, 0) is 6.54 Å².